The van der Waals surface area contributed by atoms with Crippen LogP contribution in [0.25, 0.3) is 0 Å². The van der Waals surface area contributed by atoms with Crippen molar-refractivity contribution in [1.82, 2.24) is 5.32 Å². The first kappa shape index (κ1) is 14.5. The molecule has 0 radical (unpaired) electrons. The van der Waals surface area contributed by atoms with Gasteiger partial charge in [-0.25, -0.2) is 0 Å². The molecule has 0 aromatic rings. The van der Waals surface area contributed by atoms with Crippen LogP contribution in [-0.4, -0.2) is 37.9 Å². The summed E-state index contributed by atoms with van der Waals surface area (Å²) in [6.45, 7) is 1.43. The lowest BCUT2D eigenvalue weighted by atomic mass is 9.74. The molecule has 1 fully saturated rings. The van der Waals surface area contributed by atoms with Crippen LogP contribution in [0.2, 0.25) is 0 Å². The zero-order chi connectivity index (χ0) is 12.6. The summed E-state index contributed by atoms with van der Waals surface area (Å²) >= 11 is 0. The van der Waals surface area contributed by atoms with Gasteiger partial charge < -0.3 is 15.2 Å². The molecule has 0 aromatic carbocycles. The van der Waals surface area contributed by atoms with Crippen molar-refractivity contribution in [2.75, 3.05) is 26.9 Å². The van der Waals surface area contributed by atoms with Gasteiger partial charge in [-0.05, 0) is 19.3 Å². The lowest BCUT2D eigenvalue weighted by Crippen LogP contribution is -2.41. The Morgan fingerprint density at radius 3 is 2.65 bits per heavy atom. The molecular weight excluding hydrogens is 218 g/mol. The number of methoxy groups -OCH3 is 1. The maximum absolute atomic E-state index is 11.6. The van der Waals surface area contributed by atoms with E-state index < -0.39 is 0 Å². The Morgan fingerprint density at radius 2 is 2.06 bits per heavy atom. The number of carbonyl (C=O) groups excluding carboxylic acids is 1. The van der Waals surface area contributed by atoms with Crippen LogP contribution < -0.4 is 5.32 Å². The molecule has 0 bridgehead atoms. The van der Waals surface area contributed by atoms with E-state index in [1.165, 1.54) is 19.3 Å². The van der Waals surface area contributed by atoms with Gasteiger partial charge in [-0.15, -0.1) is 0 Å². The molecule has 2 N–H and O–H groups in total. The van der Waals surface area contributed by atoms with Crippen molar-refractivity contribution >= 4 is 5.91 Å². The summed E-state index contributed by atoms with van der Waals surface area (Å²) in [4.78, 5) is 11.6. The van der Waals surface area contributed by atoms with Gasteiger partial charge in [0.2, 0.25) is 5.91 Å². The summed E-state index contributed by atoms with van der Waals surface area (Å²) in [6, 6.07) is 0. The highest BCUT2D eigenvalue weighted by Crippen LogP contribution is 2.35. The van der Waals surface area contributed by atoms with E-state index in [2.05, 4.69) is 5.32 Å². The summed E-state index contributed by atoms with van der Waals surface area (Å²) in [5, 5.41) is 12.4. The quantitative estimate of drug-likeness (QED) is 0.666. The largest absolute Gasteiger partial charge is 0.396 e. The smallest absolute Gasteiger partial charge is 0.220 e. The summed E-state index contributed by atoms with van der Waals surface area (Å²) in [6.07, 6.45) is 6.91. The van der Waals surface area contributed by atoms with Gasteiger partial charge in [-0.1, -0.05) is 19.3 Å². The van der Waals surface area contributed by atoms with Gasteiger partial charge in [0.25, 0.3) is 0 Å². The van der Waals surface area contributed by atoms with Gasteiger partial charge in [0.1, 0.15) is 0 Å². The Morgan fingerprint density at radius 1 is 1.35 bits per heavy atom. The average Bonchev–Trinajstić information content (AvgIpc) is 2.38. The van der Waals surface area contributed by atoms with Crippen molar-refractivity contribution in [1.29, 1.82) is 0 Å². The molecule has 0 aliphatic heterocycles. The predicted molar refractivity (Wildman–Crippen MR) is 66.7 cm³/mol. The molecule has 0 aromatic heterocycles. The van der Waals surface area contributed by atoms with Gasteiger partial charge >= 0.3 is 0 Å². The van der Waals surface area contributed by atoms with E-state index in [4.69, 9.17) is 4.74 Å². The Hall–Kier alpha value is -0.610. The first-order valence-corrected chi connectivity index (χ1v) is 6.59. The van der Waals surface area contributed by atoms with Gasteiger partial charge in [0.15, 0.2) is 0 Å². The van der Waals surface area contributed by atoms with Crippen LogP contribution >= 0.6 is 0 Å². The minimum atomic E-state index is -0.0604. The molecule has 100 valence electrons. The normalized spacial score (nSPS) is 18.9. The Labute approximate surface area is 104 Å². The number of rotatable bonds is 7. The molecule has 0 atom stereocenters. The molecular formula is C13H25NO3. The molecule has 4 nitrogen and oxygen atoms in total. The Bertz CT molecular complexity index is 225. The third kappa shape index (κ3) is 5.04. The first-order valence-electron chi connectivity index (χ1n) is 6.59. The van der Waals surface area contributed by atoms with Crippen molar-refractivity contribution in [3.8, 4) is 0 Å². The van der Waals surface area contributed by atoms with Gasteiger partial charge in [-0.3, -0.25) is 4.79 Å². The van der Waals surface area contributed by atoms with Crippen LogP contribution in [0.4, 0.5) is 0 Å². The monoisotopic (exact) mass is 243 g/mol. The topological polar surface area (TPSA) is 58.6 Å². The fourth-order valence-electron chi connectivity index (χ4n) is 2.44. The number of aliphatic hydroxyl groups is 1. The van der Waals surface area contributed by atoms with Crippen LogP contribution in [0, 0.1) is 5.41 Å². The second-order valence-corrected chi connectivity index (χ2v) is 5.09. The van der Waals surface area contributed by atoms with E-state index >= 15 is 0 Å². The second-order valence-electron chi connectivity index (χ2n) is 5.09. The van der Waals surface area contributed by atoms with E-state index in [1.54, 1.807) is 7.11 Å². The van der Waals surface area contributed by atoms with E-state index in [0.29, 0.717) is 19.6 Å². The standard InChI is InChI=1S/C13H25NO3/c1-17-9-5-6-12(16)14-10-13(11-15)7-3-2-4-8-13/h15H,2-11H2,1H3,(H,14,16). The number of ether oxygens (including phenoxy) is 1. The molecule has 0 spiro atoms. The minimum absolute atomic E-state index is 0.0604. The average molecular weight is 243 g/mol. The van der Waals surface area contributed by atoms with Crippen molar-refractivity contribution in [2.24, 2.45) is 5.41 Å². The number of amides is 1. The maximum Gasteiger partial charge on any atom is 0.220 e. The molecule has 0 unspecified atom stereocenters. The molecule has 1 aliphatic rings. The lowest BCUT2D eigenvalue weighted by Gasteiger charge is -2.35. The van der Waals surface area contributed by atoms with Crippen molar-refractivity contribution < 1.29 is 14.6 Å². The van der Waals surface area contributed by atoms with Crippen LogP contribution in [0.1, 0.15) is 44.9 Å². The molecule has 1 rings (SSSR count). The van der Waals surface area contributed by atoms with E-state index in [9.17, 15) is 9.90 Å². The van der Waals surface area contributed by atoms with Crippen LogP contribution in [0.15, 0.2) is 0 Å². The van der Waals surface area contributed by atoms with Gasteiger partial charge in [0, 0.05) is 32.1 Å². The second kappa shape index (κ2) is 7.67. The van der Waals surface area contributed by atoms with Crippen LogP contribution in [0.5, 0.6) is 0 Å². The number of nitrogens with one attached hydrogen (secondary N) is 1. The van der Waals surface area contributed by atoms with Crippen molar-refractivity contribution in [3.05, 3.63) is 0 Å². The number of hydrogen-bond donors (Lipinski definition) is 2. The number of hydrogen-bond acceptors (Lipinski definition) is 3. The van der Waals surface area contributed by atoms with Crippen molar-refractivity contribution in [2.45, 2.75) is 44.9 Å². The summed E-state index contributed by atoms with van der Waals surface area (Å²) in [5.74, 6) is 0.0699. The minimum Gasteiger partial charge on any atom is -0.396 e. The van der Waals surface area contributed by atoms with Gasteiger partial charge in [-0.2, -0.15) is 0 Å². The predicted octanol–water partition coefficient (Wildman–Crippen LogP) is 1.47. The third-order valence-electron chi connectivity index (χ3n) is 3.66. The van der Waals surface area contributed by atoms with E-state index in [0.717, 1.165) is 19.3 Å². The molecule has 1 aliphatic carbocycles. The fraction of sp³-hybridized carbons (Fsp3) is 0.923. The molecule has 1 saturated carbocycles. The summed E-state index contributed by atoms with van der Waals surface area (Å²) in [7, 11) is 1.64. The molecule has 1 amide bonds. The van der Waals surface area contributed by atoms with Gasteiger partial charge in [0.05, 0.1) is 6.61 Å². The van der Waals surface area contributed by atoms with E-state index in [1.807, 2.05) is 0 Å². The zero-order valence-corrected chi connectivity index (χ0v) is 10.8. The van der Waals surface area contributed by atoms with E-state index in [-0.39, 0.29) is 17.9 Å². The molecule has 0 saturated heterocycles. The highest BCUT2D eigenvalue weighted by molar-refractivity contribution is 5.75. The summed E-state index contributed by atoms with van der Waals surface area (Å²) < 4.78 is 4.91. The Kier molecular flexibility index (Phi) is 6.52. The lowest BCUT2D eigenvalue weighted by molar-refractivity contribution is -0.122. The van der Waals surface area contributed by atoms with Crippen LogP contribution in [0.3, 0.4) is 0 Å². The fourth-order valence-corrected chi connectivity index (χ4v) is 2.44. The number of aliphatic hydroxyl groups excluding tert-OH is 1. The number of carbonyl (C=O) groups is 1. The SMILES string of the molecule is COCCCC(=O)NCC1(CO)CCCCC1. The molecule has 0 heterocycles. The maximum atomic E-state index is 11.6. The van der Waals surface area contributed by atoms with Crippen LogP contribution in [-0.2, 0) is 9.53 Å². The first-order chi connectivity index (χ1) is 8.22. The molecule has 17 heavy (non-hydrogen) atoms. The summed E-state index contributed by atoms with van der Waals surface area (Å²) in [5.41, 5.74) is -0.0604. The third-order valence-corrected chi connectivity index (χ3v) is 3.66. The molecule has 4 heteroatoms. The highest BCUT2D eigenvalue weighted by Gasteiger charge is 2.31. The Balaban J connectivity index is 2.24. The highest BCUT2D eigenvalue weighted by atomic mass is 16.5. The van der Waals surface area contributed by atoms with Crippen molar-refractivity contribution in [3.63, 3.8) is 0 Å². The zero-order valence-electron chi connectivity index (χ0n) is 10.8.